The van der Waals surface area contributed by atoms with E-state index in [1.54, 1.807) is 0 Å². The van der Waals surface area contributed by atoms with Crippen LogP contribution in [-0.2, 0) is 4.74 Å². The molecule has 1 fully saturated rings. The van der Waals surface area contributed by atoms with E-state index in [9.17, 15) is 4.79 Å². The second kappa shape index (κ2) is 6.24. The third kappa shape index (κ3) is 3.06. The van der Waals surface area contributed by atoms with Crippen LogP contribution in [0.5, 0.6) is 5.75 Å². The van der Waals surface area contributed by atoms with Crippen molar-refractivity contribution in [1.82, 2.24) is 4.90 Å². The summed E-state index contributed by atoms with van der Waals surface area (Å²) in [6.45, 7) is 9.61. The second-order valence-corrected chi connectivity index (χ2v) is 6.11. The molecule has 2 atom stereocenters. The topological polar surface area (TPSA) is 51.9 Å². The lowest BCUT2D eigenvalue weighted by Gasteiger charge is -2.34. The van der Waals surface area contributed by atoms with Gasteiger partial charge in [0.25, 0.3) is 5.91 Å². The summed E-state index contributed by atoms with van der Waals surface area (Å²) >= 11 is 0. The number of carbonyl (C=O) groups excluding carboxylic acids is 1. The number of fused-ring (bicyclic) bond motifs is 1. The third-order valence-electron chi connectivity index (χ3n) is 4.12. The Morgan fingerprint density at radius 1 is 1.30 bits per heavy atom. The Balaban J connectivity index is 1.93. The van der Waals surface area contributed by atoms with Gasteiger partial charge in [0.2, 0.25) is 0 Å². The minimum Gasteiger partial charge on any atom is -0.494 e. The first-order valence-corrected chi connectivity index (χ1v) is 8.10. The van der Waals surface area contributed by atoms with E-state index in [1.165, 1.54) is 0 Å². The molecule has 2 heterocycles. The van der Waals surface area contributed by atoms with Gasteiger partial charge in [0.15, 0.2) is 5.76 Å². The van der Waals surface area contributed by atoms with Crippen molar-refractivity contribution in [2.45, 2.75) is 39.9 Å². The van der Waals surface area contributed by atoms with Crippen molar-refractivity contribution in [1.29, 1.82) is 0 Å². The van der Waals surface area contributed by atoms with Crippen LogP contribution in [0.1, 0.15) is 36.9 Å². The number of rotatable bonds is 3. The molecule has 1 amide bonds. The van der Waals surface area contributed by atoms with Gasteiger partial charge in [-0.15, -0.1) is 0 Å². The highest BCUT2D eigenvalue weighted by Gasteiger charge is 2.30. The maximum Gasteiger partial charge on any atom is 0.290 e. The molecule has 3 rings (SSSR count). The Morgan fingerprint density at radius 3 is 2.65 bits per heavy atom. The van der Waals surface area contributed by atoms with Gasteiger partial charge in [0, 0.05) is 24.0 Å². The Kier molecular flexibility index (Phi) is 4.31. The van der Waals surface area contributed by atoms with Gasteiger partial charge in [-0.2, -0.15) is 0 Å². The predicted molar refractivity (Wildman–Crippen MR) is 88.0 cm³/mol. The molecule has 0 spiro atoms. The average molecular weight is 317 g/mol. The van der Waals surface area contributed by atoms with Crippen molar-refractivity contribution in [2.75, 3.05) is 19.7 Å². The summed E-state index contributed by atoms with van der Waals surface area (Å²) in [7, 11) is 0. The lowest BCUT2D eigenvalue weighted by Crippen LogP contribution is -2.48. The molecule has 0 unspecified atom stereocenters. The first-order chi connectivity index (χ1) is 11.0. The Morgan fingerprint density at radius 2 is 2.00 bits per heavy atom. The summed E-state index contributed by atoms with van der Waals surface area (Å²) < 4.78 is 17.1. The fraction of sp³-hybridized carbons (Fsp3) is 0.500. The number of hydrogen-bond donors (Lipinski definition) is 0. The number of amides is 1. The maximum absolute atomic E-state index is 12.8. The molecule has 0 radical (unpaired) electrons. The molecule has 1 aromatic heterocycles. The van der Waals surface area contributed by atoms with Crippen LogP contribution in [0.3, 0.4) is 0 Å². The molecule has 0 saturated carbocycles. The zero-order chi connectivity index (χ0) is 16.6. The average Bonchev–Trinajstić information content (AvgIpc) is 2.83. The Hall–Kier alpha value is -2.01. The zero-order valence-electron chi connectivity index (χ0n) is 14.1. The fourth-order valence-corrected chi connectivity index (χ4v) is 3.15. The van der Waals surface area contributed by atoms with Crippen LogP contribution >= 0.6 is 0 Å². The first kappa shape index (κ1) is 15.9. The largest absolute Gasteiger partial charge is 0.494 e. The molecule has 0 N–H and O–H groups in total. The molecule has 0 bridgehead atoms. The maximum atomic E-state index is 12.8. The van der Waals surface area contributed by atoms with E-state index in [2.05, 4.69) is 0 Å². The van der Waals surface area contributed by atoms with Crippen LogP contribution in [-0.4, -0.2) is 42.7 Å². The van der Waals surface area contributed by atoms with Crippen molar-refractivity contribution in [2.24, 2.45) is 0 Å². The molecule has 2 aromatic rings. The number of morpholine rings is 1. The van der Waals surface area contributed by atoms with Crippen LogP contribution in [0.2, 0.25) is 0 Å². The Bertz CT molecular complexity index is 711. The summed E-state index contributed by atoms with van der Waals surface area (Å²) in [6.07, 6.45) is 0.0777. The summed E-state index contributed by atoms with van der Waals surface area (Å²) in [5, 5.41) is 0.925. The molecule has 0 aliphatic carbocycles. The van der Waals surface area contributed by atoms with Gasteiger partial charge < -0.3 is 18.8 Å². The second-order valence-electron chi connectivity index (χ2n) is 6.11. The lowest BCUT2D eigenvalue weighted by atomic mass is 10.1. The van der Waals surface area contributed by atoms with Gasteiger partial charge in [-0.05, 0) is 45.9 Å². The van der Waals surface area contributed by atoms with Crippen molar-refractivity contribution in [3.8, 4) is 5.75 Å². The van der Waals surface area contributed by atoms with Crippen molar-refractivity contribution >= 4 is 16.9 Å². The first-order valence-electron chi connectivity index (χ1n) is 8.10. The summed E-state index contributed by atoms with van der Waals surface area (Å²) in [5.41, 5.74) is 1.57. The summed E-state index contributed by atoms with van der Waals surface area (Å²) in [5.74, 6) is 1.13. The van der Waals surface area contributed by atoms with Gasteiger partial charge in [0.1, 0.15) is 11.3 Å². The third-order valence-corrected chi connectivity index (χ3v) is 4.12. The van der Waals surface area contributed by atoms with Gasteiger partial charge in [-0.3, -0.25) is 4.79 Å². The highest BCUT2D eigenvalue weighted by atomic mass is 16.5. The number of carbonyl (C=O) groups is 1. The Labute approximate surface area is 136 Å². The van der Waals surface area contributed by atoms with E-state index in [1.807, 2.05) is 50.8 Å². The minimum absolute atomic E-state index is 0.0388. The molecule has 5 heteroatoms. The van der Waals surface area contributed by atoms with E-state index in [0.29, 0.717) is 31.0 Å². The number of aryl methyl sites for hydroxylation is 1. The molecule has 1 aromatic carbocycles. The molecule has 1 saturated heterocycles. The van der Waals surface area contributed by atoms with Gasteiger partial charge in [-0.1, -0.05) is 0 Å². The van der Waals surface area contributed by atoms with Crippen LogP contribution in [0.4, 0.5) is 0 Å². The van der Waals surface area contributed by atoms with E-state index in [-0.39, 0.29) is 18.1 Å². The number of furan rings is 1. The van der Waals surface area contributed by atoms with Crippen LogP contribution in [0.15, 0.2) is 22.6 Å². The quantitative estimate of drug-likeness (QED) is 0.871. The standard InChI is InChI=1S/C18H23NO4/c1-5-21-14-6-7-16-15(8-14)13(4)17(23-16)18(20)19-9-11(2)22-12(3)10-19/h6-8,11-12H,5,9-10H2,1-4H3/t11-,12-/m1/s1. The molecule has 124 valence electrons. The fourth-order valence-electron chi connectivity index (χ4n) is 3.15. The number of ether oxygens (including phenoxy) is 2. The zero-order valence-corrected chi connectivity index (χ0v) is 14.1. The molecular formula is C18H23NO4. The molecule has 23 heavy (non-hydrogen) atoms. The van der Waals surface area contributed by atoms with Gasteiger partial charge in [0.05, 0.1) is 18.8 Å². The molecule has 5 nitrogen and oxygen atoms in total. The highest BCUT2D eigenvalue weighted by molar-refractivity contribution is 5.99. The predicted octanol–water partition coefficient (Wildman–Crippen LogP) is 3.39. The smallest absolute Gasteiger partial charge is 0.290 e. The monoisotopic (exact) mass is 317 g/mol. The minimum atomic E-state index is -0.0707. The van der Waals surface area contributed by atoms with Crippen LogP contribution in [0, 0.1) is 6.92 Å². The van der Waals surface area contributed by atoms with E-state index in [4.69, 9.17) is 13.9 Å². The number of hydrogen-bond acceptors (Lipinski definition) is 4. The van der Waals surface area contributed by atoms with E-state index < -0.39 is 0 Å². The SMILES string of the molecule is CCOc1ccc2oc(C(=O)N3C[C@@H](C)O[C@H](C)C3)c(C)c2c1. The number of benzene rings is 1. The summed E-state index contributed by atoms with van der Waals surface area (Å²) in [4.78, 5) is 14.6. The van der Waals surface area contributed by atoms with Crippen molar-refractivity contribution in [3.05, 3.63) is 29.5 Å². The van der Waals surface area contributed by atoms with Crippen LogP contribution < -0.4 is 4.74 Å². The lowest BCUT2D eigenvalue weighted by molar-refractivity contribution is -0.0592. The highest BCUT2D eigenvalue weighted by Crippen LogP contribution is 2.30. The normalized spacial score (nSPS) is 21.7. The van der Waals surface area contributed by atoms with Crippen molar-refractivity contribution < 1.29 is 18.7 Å². The number of nitrogens with zero attached hydrogens (tertiary/aromatic N) is 1. The van der Waals surface area contributed by atoms with E-state index >= 15 is 0 Å². The summed E-state index contributed by atoms with van der Waals surface area (Å²) in [6, 6.07) is 5.65. The van der Waals surface area contributed by atoms with Gasteiger partial charge >= 0.3 is 0 Å². The van der Waals surface area contributed by atoms with Crippen LogP contribution in [0.25, 0.3) is 11.0 Å². The molecular weight excluding hydrogens is 294 g/mol. The van der Waals surface area contributed by atoms with Crippen molar-refractivity contribution in [3.63, 3.8) is 0 Å². The molecule has 1 aliphatic heterocycles. The van der Waals surface area contributed by atoms with E-state index in [0.717, 1.165) is 16.7 Å². The van der Waals surface area contributed by atoms with Gasteiger partial charge in [-0.25, -0.2) is 0 Å². The molecule has 1 aliphatic rings.